The van der Waals surface area contributed by atoms with E-state index in [4.69, 9.17) is 17.3 Å². The van der Waals surface area contributed by atoms with Crippen LogP contribution in [0, 0.1) is 0 Å². The van der Waals surface area contributed by atoms with Gasteiger partial charge in [-0.3, -0.25) is 0 Å². The summed E-state index contributed by atoms with van der Waals surface area (Å²) in [5, 5.41) is 5.13. The predicted octanol–water partition coefficient (Wildman–Crippen LogP) is 4.03. The van der Waals surface area contributed by atoms with E-state index < -0.39 is 0 Å². The summed E-state index contributed by atoms with van der Waals surface area (Å²) < 4.78 is 0. The van der Waals surface area contributed by atoms with Crippen LogP contribution in [0.1, 0.15) is 24.0 Å². The summed E-state index contributed by atoms with van der Waals surface area (Å²) >= 11 is 8.16. The van der Waals surface area contributed by atoms with Gasteiger partial charge in [-0.1, -0.05) is 23.7 Å². The van der Waals surface area contributed by atoms with Gasteiger partial charge in [0.25, 0.3) is 0 Å². The maximum Gasteiger partial charge on any atom is 0.0643 e. The lowest BCUT2D eigenvalue weighted by molar-refractivity contribution is 0.788. The van der Waals surface area contributed by atoms with E-state index in [1.165, 1.54) is 18.4 Å². The average Bonchev–Trinajstić information content (AvgIpc) is 3.14. The number of thiophene rings is 1. The SMILES string of the molecule is NCc1cccc(Cl)c1N(Cc1ccsc1)C1CC1. The maximum atomic E-state index is 6.42. The second kappa shape index (κ2) is 5.53. The Kier molecular flexibility index (Phi) is 3.78. The van der Waals surface area contributed by atoms with Gasteiger partial charge < -0.3 is 10.6 Å². The predicted molar refractivity (Wildman–Crippen MR) is 82.9 cm³/mol. The minimum atomic E-state index is 0.531. The van der Waals surface area contributed by atoms with Gasteiger partial charge in [0.05, 0.1) is 10.7 Å². The third-order valence-electron chi connectivity index (χ3n) is 3.50. The van der Waals surface area contributed by atoms with Gasteiger partial charge in [0, 0.05) is 19.1 Å². The minimum Gasteiger partial charge on any atom is -0.363 e. The Labute approximate surface area is 122 Å². The molecule has 0 aliphatic heterocycles. The summed E-state index contributed by atoms with van der Waals surface area (Å²) in [7, 11) is 0. The number of hydrogen-bond acceptors (Lipinski definition) is 3. The molecule has 1 aromatic heterocycles. The molecule has 0 amide bonds. The molecule has 2 aromatic rings. The summed E-state index contributed by atoms with van der Waals surface area (Å²) in [6.07, 6.45) is 2.50. The van der Waals surface area contributed by atoms with Gasteiger partial charge in [-0.25, -0.2) is 0 Å². The van der Waals surface area contributed by atoms with Gasteiger partial charge in [-0.2, -0.15) is 11.3 Å². The van der Waals surface area contributed by atoms with Crippen molar-refractivity contribution in [1.82, 2.24) is 0 Å². The fourth-order valence-corrected chi connectivity index (χ4v) is 3.37. The van der Waals surface area contributed by atoms with Crippen LogP contribution in [0.3, 0.4) is 0 Å². The van der Waals surface area contributed by atoms with E-state index in [0.717, 1.165) is 22.8 Å². The Morgan fingerprint density at radius 2 is 2.16 bits per heavy atom. The van der Waals surface area contributed by atoms with Crippen LogP contribution in [-0.4, -0.2) is 6.04 Å². The van der Waals surface area contributed by atoms with E-state index in [9.17, 15) is 0 Å². The number of hydrogen-bond donors (Lipinski definition) is 1. The van der Waals surface area contributed by atoms with Crippen molar-refractivity contribution in [3.05, 3.63) is 51.2 Å². The molecule has 19 heavy (non-hydrogen) atoms. The number of nitrogens with two attached hydrogens (primary N) is 1. The molecule has 0 bridgehead atoms. The molecular formula is C15H17ClN2S. The van der Waals surface area contributed by atoms with E-state index in [1.807, 2.05) is 12.1 Å². The first-order valence-corrected chi connectivity index (χ1v) is 7.87. The lowest BCUT2D eigenvalue weighted by Gasteiger charge is -2.27. The van der Waals surface area contributed by atoms with Crippen LogP contribution in [0.4, 0.5) is 5.69 Å². The van der Waals surface area contributed by atoms with Crippen molar-refractivity contribution in [1.29, 1.82) is 0 Å². The monoisotopic (exact) mass is 292 g/mol. The highest BCUT2D eigenvalue weighted by atomic mass is 35.5. The Balaban J connectivity index is 1.96. The lowest BCUT2D eigenvalue weighted by atomic mass is 10.1. The Bertz CT molecular complexity index is 549. The number of rotatable bonds is 5. The first-order valence-electron chi connectivity index (χ1n) is 6.54. The molecule has 0 spiro atoms. The highest BCUT2D eigenvalue weighted by Crippen LogP contribution is 2.39. The molecule has 0 atom stereocenters. The van der Waals surface area contributed by atoms with Crippen LogP contribution in [0.2, 0.25) is 5.02 Å². The zero-order valence-corrected chi connectivity index (χ0v) is 12.3. The standard InChI is InChI=1S/C15H17ClN2S/c16-14-3-1-2-12(8-17)15(14)18(13-4-5-13)9-11-6-7-19-10-11/h1-3,6-7,10,13H,4-5,8-9,17H2. The van der Waals surface area contributed by atoms with Crippen LogP contribution in [0.25, 0.3) is 0 Å². The smallest absolute Gasteiger partial charge is 0.0643 e. The average molecular weight is 293 g/mol. The van der Waals surface area contributed by atoms with Crippen molar-refractivity contribution in [2.75, 3.05) is 4.90 Å². The summed E-state index contributed by atoms with van der Waals surface area (Å²) in [4.78, 5) is 2.42. The van der Waals surface area contributed by atoms with Gasteiger partial charge in [0.15, 0.2) is 0 Å². The normalized spacial score (nSPS) is 14.6. The fraction of sp³-hybridized carbons (Fsp3) is 0.333. The van der Waals surface area contributed by atoms with Crippen LogP contribution in [0.5, 0.6) is 0 Å². The van der Waals surface area contributed by atoms with Crippen LogP contribution >= 0.6 is 22.9 Å². The third-order valence-corrected chi connectivity index (χ3v) is 4.54. The van der Waals surface area contributed by atoms with Crippen molar-refractivity contribution in [2.24, 2.45) is 5.73 Å². The molecule has 100 valence electrons. The number of anilines is 1. The number of benzene rings is 1. The van der Waals surface area contributed by atoms with E-state index >= 15 is 0 Å². The summed E-state index contributed by atoms with van der Waals surface area (Å²) in [6.45, 7) is 1.45. The molecule has 0 saturated heterocycles. The summed E-state index contributed by atoms with van der Waals surface area (Å²) in [5.41, 5.74) is 9.47. The van der Waals surface area contributed by atoms with Gasteiger partial charge in [0.1, 0.15) is 0 Å². The lowest BCUT2D eigenvalue weighted by Crippen LogP contribution is -2.26. The molecule has 2 nitrogen and oxygen atoms in total. The molecule has 1 fully saturated rings. The van der Waals surface area contributed by atoms with E-state index in [-0.39, 0.29) is 0 Å². The zero-order valence-electron chi connectivity index (χ0n) is 10.7. The molecular weight excluding hydrogens is 276 g/mol. The van der Waals surface area contributed by atoms with Crippen LogP contribution < -0.4 is 10.6 Å². The molecule has 1 aliphatic carbocycles. The molecule has 3 rings (SSSR count). The number of nitrogens with zero attached hydrogens (tertiary/aromatic N) is 1. The largest absolute Gasteiger partial charge is 0.363 e. The third kappa shape index (κ3) is 2.78. The topological polar surface area (TPSA) is 29.3 Å². The molecule has 1 aliphatic rings. The van der Waals surface area contributed by atoms with Crippen LogP contribution in [-0.2, 0) is 13.1 Å². The fourth-order valence-electron chi connectivity index (χ4n) is 2.40. The van der Waals surface area contributed by atoms with Crippen LogP contribution in [0.15, 0.2) is 35.0 Å². The number of para-hydroxylation sites is 1. The van der Waals surface area contributed by atoms with Crippen molar-refractivity contribution >= 4 is 28.6 Å². The highest BCUT2D eigenvalue weighted by molar-refractivity contribution is 7.07. The number of halogens is 1. The van der Waals surface area contributed by atoms with Gasteiger partial charge >= 0.3 is 0 Å². The molecule has 0 radical (unpaired) electrons. The summed E-state index contributed by atoms with van der Waals surface area (Å²) in [6, 6.07) is 8.80. The minimum absolute atomic E-state index is 0.531. The zero-order chi connectivity index (χ0) is 13.2. The second-order valence-electron chi connectivity index (χ2n) is 4.94. The summed E-state index contributed by atoms with van der Waals surface area (Å²) in [5.74, 6) is 0. The van der Waals surface area contributed by atoms with Crippen molar-refractivity contribution < 1.29 is 0 Å². The van der Waals surface area contributed by atoms with Gasteiger partial charge in [-0.05, 0) is 46.9 Å². The van der Waals surface area contributed by atoms with E-state index in [0.29, 0.717) is 12.6 Å². The maximum absolute atomic E-state index is 6.42. The molecule has 2 N–H and O–H groups in total. The van der Waals surface area contributed by atoms with Crippen molar-refractivity contribution in [3.8, 4) is 0 Å². The molecule has 1 aromatic carbocycles. The van der Waals surface area contributed by atoms with Gasteiger partial charge in [-0.15, -0.1) is 0 Å². The molecule has 0 unspecified atom stereocenters. The Morgan fingerprint density at radius 1 is 1.32 bits per heavy atom. The van der Waals surface area contributed by atoms with E-state index in [2.05, 4.69) is 27.8 Å². The molecule has 1 saturated carbocycles. The van der Waals surface area contributed by atoms with E-state index in [1.54, 1.807) is 11.3 Å². The Hall–Kier alpha value is -1.03. The molecule has 1 heterocycles. The second-order valence-corrected chi connectivity index (χ2v) is 6.13. The van der Waals surface area contributed by atoms with Crippen molar-refractivity contribution in [3.63, 3.8) is 0 Å². The first-order chi connectivity index (χ1) is 9.29. The van der Waals surface area contributed by atoms with Gasteiger partial charge in [0.2, 0.25) is 0 Å². The Morgan fingerprint density at radius 3 is 2.79 bits per heavy atom. The quantitative estimate of drug-likeness (QED) is 0.901. The highest BCUT2D eigenvalue weighted by Gasteiger charge is 2.31. The first kappa shape index (κ1) is 13.0. The van der Waals surface area contributed by atoms with Crippen molar-refractivity contribution in [2.45, 2.75) is 32.0 Å². The molecule has 4 heteroatoms.